The lowest BCUT2D eigenvalue weighted by atomic mass is 10.2. The number of nitrogens with zero attached hydrogens (tertiary/aromatic N) is 3. The summed E-state index contributed by atoms with van der Waals surface area (Å²) in [5.74, 6) is 1.98. The first-order valence-electron chi connectivity index (χ1n) is 7.17. The Hall–Kier alpha value is -1.35. The lowest BCUT2D eigenvalue weighted by Gasteiger charge is -2.04. The van der Waals surface area contributed by atoms with Crippen LogP contribution in [0.1, 0.15) is 19.7 Å². The second kappa shape index (κ2) is 9.71. The molecular weight excluding hydrogens is 429 g/mol. The molecule has 0 aliphatic carbocycles. The third-order valence-electron chi connectivity index (χ3n) is 2.82. The van der Waals surface area contributed by atoms with Crippen LogP contribution in [0.3, 0.4) is 0 Å². The van der Waals surface area contributed by atoms with Crippen LogP contribution >= 0.6 is 35.6 Å². The summed E-state index contributed by atoms with van der Waals surface area (Å²) in [5.41, 5.74) is 6.58. The molecule has 8 heteroatoms. The summed E-state index contributed by atoms with van der Waals surface area (Å²) in [4.78, 5) is 8.55. The second-order valence-corrected chi connectivity index (χ2v) is 5.76. The lowest BCUT2D eigenvalue weighted by molar-refractivity contribution is 0.379. The normalized spacial score (nSPS) is 11.4. The minimum Gasteiger partial charge on any atom is -0.370 e. The van der Waals surface area contributed by atoms with E-state index in [0.29, 0.717) is 48.1 Å². The summed E-state index contributed by atoms with van der Waals surface area (Å²) in [6.07, 6.45) is 0.575. The Kier molecular flexibility index (Phi) is 8.32. The van der Waals surface area contributed by atoms with Crippen LogP contribution in [0.25, 0.3) is 11.4 Å². The van der Waals surface area contributed by atoms with E-state index in [1.54, 1.807) is 12.1 Å². The van der Waals surface area contributed by atoms with Gasteiger partial charge in [-0.3, -0.25) is 4.99 Å². The highest BCUT2D eigenvalue weighted by atomic mass is 127. The van der Waals surface area contributed by atoms with Crippen molar-refractivity contribution in [3.05, 3.63) is 35.2 Å². The van der Waals surface area contributed by atoms with E-state index in [9.17, 15) is 0 Å². The summed E-state index contributed by atoms with van der Waals surface area (Å²) in [6, 6.07) is 7.33. The van der Waals surface area contributed by atoms with Gasteiger partial charge in [0.05, 0.1) is 0 Å². The van der Waals surface area contributed by atoms with Gasteiger partial charge in [-0.1, -0.05) is 42.7 Å². The number of benzene rings is 1. The third-order valence-corrected chi connectivity index (χ3v) is 3.06. The Morgan fingerprint density at radius 2 is 2.22 bits per heavy atom. The fourth-order valence-electron chi connectivity index (χ4n) is 1.74. The van der Waals surface area contributed by atoms with Gasteiger partial charge >= 0.3 is 0 Å². The van der Waals surface area contributed by atoms with E-state index in [1.807, 2.05) is 12.1 Å². The standard InChI is InChI=1S/C15H20ClN5O.HI/c1-10(2)9-19-15(17)18-7-6-13-20-14(21-22-13)11-4-3-5-12(16)8-11;/h3-5,8,10H,6-7,9H2,1-2H3,(H3,17,18,19);1H. The molecule has 0 spiro atoms. The molecule has 2 aromatic rings. The van der Waals surface area contributed by atoms with Crippen LogP contribution in [-0.4, -0.2) is 29.2 Å². The minimum atomic E-state index is 0. The van der Waals surface area contributed by atoms with Crippen molar-refractivity contribution in [2.75, 3.05) is 13.1 Å². The highest BCUT2D eigenvalue weighted by Crippen LogP contribution is 2.19. The number of aromatic nitrogens is 2. The monoisotopic (exact) mass is 449 g/mol. The summed E-state index contributed by atoms with van der Waals surface area (Å²) in [7, 11) is 0. The van der Waals surface area contributed by atoms with E-state index in [-0.39, 0.29) is 24.0 Å². The number of aliphatic imine (C=N–C) groups is 1. The number of nitrogens with two attached hydrogens (primary N) is 1. The van der Waals surface area contributed by atoms with Gasteiger partial charge in [0.25, 0.3) is 0 Å². The Morgan fingerprint density at radius 3 is 2.91 bits per heavy atom. The molecule has 0 atom stereocenters. The molecular formula is C15H21ClIN5O. The zero-order valence-electron chi connectivity index (χ0n) is 13.1. The number of rotatable bonds is 6. The SMILES string of the molecule is CC(C)CN=C(N)NCCc1nc(-c2cccc(Cl)c2)no1.I. The molecule has 0 saturated carbocycles. The average Bonchev–Trinajstić information content (AvgIpc) is 2.94. The highest BCUT2D eigenvalue weighted by molar-refractivity contribution is 14.0. The van der Waals surface area contributed by atoms with Crippen molar-refractivity contribution in [3.8, 4) is 11.4 Å². The van der Waals surface area contributed by atoms with E-state index in [0.717, 1.165) is 5.56 Å². The number of halogens is 2. The molecule has 2 rings (SSSR count). The van der Waals surface area contributed by atoms with E-state index in [1.165, 1.54) is 0 Å². The van der Waals surface area contributed by atoms with Gasteiger partial charge in [0.2, 0.25) is 11.7 Å². The predicted molar refractivity (Wildman–Crippen MR) is 103 cm³/mol. The Labute approximate surface area is 157 Å². The molecule has 0 bridgehead atoms. The van der Waals surface area contributed by atoms with Crippen LogP contribution in [0.4, 0.5) is 0 Å². The van der Waals surface area contributed by atoms with Gasteiger partial charge in [-0.2, -0.15) is 4.98 Å². The van der Waals surface area contributed by atoms with Crippen molar-refractivity contribution in [3.63, 3.8) is 0 Å². The fourth-order valence-corrected chi connectivity index (χ4v) is 1.93. The molecule has 0 unspecified atom stereocenters. The number of guanidine groups is 1. The van der Waals surface area contributed by atoms with Crippen molar-refractivity contribution in [1.82, 2.24) is 15.5 Å². The minimum absolute atomic E-state index is 0. The van der Waals surface area contributed by atoms with Crippen molar-refractivity contribution in [2.24, 2.45) is 16.6 Å². The molecule has 0 amide bonds. The quantitative estimate of drug-likeness (QED) is 0.402. The molecule has 1 heterocycles. The molecule has 1 aromatic heterocycles. The van der Waals surface area contributed by atoms with Gasteiger partial charge in [-0.05, 0) is 18.1 Å². The van der Waals surface area contributed by atoms with Gasteiger partial charge in [0.1, 0.15) is 0 Å². The molecule has 0 radical (unpaired) electrons. The van der Waals surface area contributed by atoms with Crippen LogP contribution in [0.2, 0.25) is 5.02 Å². The van der Waals surface area contributed by atoms with Crippen LogP contribution in [0, 0.1) is 5.92 Å². The smallest absolute Gasteiger partial charge is 0.228 e. The van der Waals surface area contributed by atoms with E-state index in [4.69, 9.17) is 21.9 Å². The molecule has 1 aromatic carbocycles. The van der Waals surface area contributed by atoms with Crippen LogP contribution in [0.5, 0.6) is 0 Å². The molecule has 0 aliphatic heterocycles. The number of hydrogen-bond donors (Lipinski definition) is 2. The number of hydrogen-bond acceptors (Lipinski definition) is 4. The van der Waals surface area contributed by atoms with Crippen molar-refractivity contribution in [2.45, 2.75) is 20.3 Å². The highest BCUT2D eigenvalue weighted by Gasteiger charge is 2.08. The first-order chi connectivity index (χ1) is 10.5. The average molecular weight is 450 g/mol. The predicted octanol–water partition coefficient (Wildman–Crippen LogP) is 3.11. The molecule has 6 nitrogen and oxygen atoms in total. The first-order valence-corrected chi connectivity index (χ1v) is 7.54. The Morgan fingerprint density at radius 1 is 1.43 bits per heavy atom. The maximum Gasteiger partial charge on any atom is 0.228 e. The summed E-state index contributed by atoms with van der Waals surface area (Å²) >= 11 is 5.95. The molecule has 126 valence electrons. The second-order valence-electron chi connectivity index (χ2n) is 5.32. The molecule has 0 fully saturated rings. The molecule has 23 heavy (non-hydrogen) atoms. The van der Waals surface area contributed by atoms with Gasteiger partial charge in [0.15, 0.2) is 5.96 Å². The number of nitrogens with one attached hydrogen (secondary N) is 1. The van der Waals surface area contributed by atoms with Gasteiger partial charge in [-0.25, -0.2) is 0 Å². The van der Waals surface area contributed by atoms with Crippen molar-refractivity contribution < 1.29 is 4.52 Å². The van der Waals surface area contributed by atoms with Gasteiger partial charge in [0, 0.05) is 30.1 Å². The van der Waals surface area contributed by atoms with Gasteiger partial charge < -0.3 is 15.6 Å². The van der Waals surface area contributed by atoms with Crippen molar-refractivity contribution >= 4 is 41.5 Å². The van der Waals surface area contributed by atoms with E-state index < -0.39 is 0 Å². The molecule has 3 N–H and O–H groups in total. The van der Waals surface area contributed by atoms with Crippen LogP contribution < -0.4 is 11.1 Å². The summed E-state index contributed by atoms with van der Waals surface area (Å²) < 4.78 is 5.21. The van der Waals surface area contributed by atoms with Crippen LogP contribution in [0.15, 0.2) is 33.8 Å². The Balaban J connectivity index is 0.00000264. The fraction of sp³-hybridized carbons (Fsp3) is 0.400. The van der Waals surface area contributed by atoms with E-state index in [2.05, 4.69) is 34.3 Å². The lowest BCUT2D eigenvalue weighted by Crippen LogP contribution is -2.33. The zero-order valence-corrected chi connectivity index (χ0v) is 16.2. The third kappa shape index (κ3) is 6.74. The van der Waals surface area contributed by atoms with Crippen LogP contribution in [-0.2, 0) is 6.42 Å². The van der Waals surface area contributed by atoms with Gasteiger partial charge in [-0.15, -0.1) is 24.0 Å². The maximum absolute atomic E-state index is 5.95. The summed E-state index contributed by atoms with van der Waals surface area (Å²) in [6.45, 7) is 5.47. The van der Waals surface area contributed by atoms with Crippen molar-refractivity contribution in [1.29, 1.82) is 0 Å². The Bertz CT molecular complexity index is 644. The van der Waals surface area contributed by atoms with E-state index >= 15 is 0 Å². The maximum atomic E-state index is 5.95. The topological polar surface area (TPSA) is 89.3 Å². The summed E-state index contributed by atoms with van der Waals surface area (Å²) in [5, 5.41) is 7.61. The largest absolute Gasteiger partial charge is 0.370 e. The molecule has 0 aliphatic rings. The first kappa shape index (κ1) is 19.7. The molecule has 0 saturated heterocycles. The zero-order chi connectivity index (χ0) is 15.9.